The average molecular weight is 817 g/mol. The first-order chi connectivity index (χ1) is 31.0. The number of rotatable bonds is 9. The lowest BCUT2D eigenvalue weighted by Crippen LogP contribution is -2.04. The van der Waals surface area contributed by atoms with Gasteiger partial charge in [-0.3, -0.25) is 0 Å². The molecule has 6 aromatic rings. The molecule has 2 heteroatoms. The lowest BCUT2D eigenvalue weighted by atomic mass is 9.84. The Morgan fingerprint density at radius 1 is 0.413 bits per heavy atom. The van der Waals surface area contributed by atoms with Crippen molar-refractivity contribution in [2.24, 2.45) is 0 Å². The number of aryl methyl sites for hydroxylation is 2. The van der Waals surface area contributed by atoms with Crippen molar-refractivity contribution in [1.82, 2.24) is 0 Å². The van der Waals surface area contributed by atoms with Gasteiger partial charge >= 0.3 is 0 Å². The molecule has 0 bridgehead atoms. The van der Waals surface area contributed by atoms with Crippen molar-refractivity contribution in [3.8, 4) is 58.1 Å². The molecule has 0 saturated heterocycles. The fourth-order valence-electron chi connectivity index (χ4n) is 8.35. The van der Waals surface area contributed by atoms with Crippen LogP contribution in [0.5, 0.6) is 0 Å². The predicted molar refractivity (Wildman–Crippen MR) is 262 cm³/mol. The molecule has 63 heavy (non-hydrogen) atoms. The molecule has 2 aliphatic rings. The first kappa shape index (κ1) is 44.0. The quantitative estimate of drug-likeness (QED) is 0.136. The Balaban J connectivity index is 0.000000189. The van der Waals surface area contributed by atoms with Crippen LogP contribution in [0.4, 0.5) is 0 Å². The van der Waals surface area contributed by atoms with E-state index in [1.54, 1.807) is 0 Å². The molecular formula is C61H56N2. The number of benzene rings is 6. The molecule has 0 aromatic heterocycles. The first-order valence-electron chi connectivity index (χ1n) is 22.8. The monoisotopic (exact) mass is 816 g/mol. The number of nitrogens with zero attached hydrogens (tertiary/aromatic N) is 2. The van der Waals surface area contributed by atoms with Gasteiger partial charge in [0, 0.05) is 11.1 Å². The summed E-state index contributed by atoms with van der Waals surface area (Å²) in [7, 11) is 0. The Bertz CT molecular complexity index is 2690. The Labute approximate surface area is 376 Å². The first-order valence-corrected chi connectivity index (χ1v) is 22.8. The summed E-state index contributed by atoms with van der Waals surface area (Å²) in [6.45, 7) is 4.47. The van der Waals surface area contributed by atoms with Gasteiger partial charge in [0.15, 0.2) is 0 Å². The van der Waals surface area contributed by atoms with Gasteiger partial charge in [-0.1, -0.05) is 160 Å². The zero-order valence-corrected chi connectivity index (χ0v) is 36.8. The minimum absolute atomic E-state index is 0.618. The minimum Gasteiger partial charge on any atom is -0.192 e. The van der Waals surface area contributed by atoms with E-state index in [0.717, 1.165) is 59.1 Å². The fraction of sp³-hybridized carbons (Fsp3) is 0.246. The van der Waals surface area contributed by atoms with Crippen LogP contribution in [0.15, 0.2) is 169 Å². The molecule has 0 heterocycles. The van der Waals surface area contributed by atoms with Crippen LogP contribution in [0.25, 0.3) is 22.3 Å². The zero-order valence-electron chi connectivity index (χ0n) is 36.8. The molecule has 2 unspecified atom stereocenters. The largest absolute Gasteiger partial charge is 0.192 e. The number of hydrogen-bond acceptors (Lipinski definition) is 2. The van der Waals surface area contributed by atoms with Gasteiger partial charge in [0.2, 0.25) is 0 Å². The summed E-state index contributed by atoms with van der Waals surface area (Å²) in [6.07, 6.45) is 17.3. The highest BCUT2D eigenvalue weighted by atomic mass is 14.2. The van der Waals surface area contributed by atoms with Gasteiger partial charge in [-0.05, 0) is 174 Å². The second kappa shape index (κ2) is 22.7. The second-order valence-corrected chi connectivity index (χ2v) is 16.8. The average Bonchev–Trinajstić information content (AvgIpc) is 3.36. The van der Waals surface area contributed by atoms with Crippen molar-refractivity contribution in [1.29, 1.82) is 10.5 Å². The summed E-state index contributed by atoms with van der Waals surface area (Å²) >= 11 is 0. The van der Waals surface area contributed by atoms with Crippen molar-refractivity contribution in [2.75, 3.05) is 0 Å². The van der Waals surface area contributed by atoms with Crippen molar-refractivity contribution in [3.05, 3.63) is 213 Å². The van der Waals surface area contributed by atoms with Gasteiger partial charge in [0.05, 0.1) is 23.3 Å². The number of allylic oxidation sites excluding steroid dienone is 4. The maximum atomic E-state index is 8.94. The molecule has 2 aliphatic carbocycles. The summed E-state index contributed by atoms with van der Waals surface area (Å²) in [5.74, 6) is 14.7. The van der Waals surface area contributed by atoms with E-state index in [1.165, 1.54) is 78.3 Å². The molecular weight excluding hydrogens is 761 g/mol. The van der Waals surface area contributed by atoms with Gasteiger partial charge in [0.1, 0.15) is 0 Å². The van der Waals surface area contributed by atoms with Crippen LogP contribution in [-0.4, -0.2) is 0 Å². The van der Waals surface area contributed by atoms with E-state index in [9.17, 15) is 0 Å². The highest BCUT2D eigenvalue weighted by Gasteiger charge is 2.17. The third-order valence-electron chi connectivity index (χ3n) is 12.3. The molecule has 0 amide bonds. The van der Waals surface area contributed by atoms with Gasteiger partial charge in [0.25, 0.3) is 0 Å². The summed E-state index contributed by atoms with van der Waals surface area (Å²) in [5.41, 5.74) is 16.3. The third kappa shape index (κ3) is 12.7. The third-order valence-corrected chi connectivity index (χ3v) is 12.3. The van der Waals surface area contributed by atoms with Crippen molar-refractivity contribution in [2.45, 2.75) is 96.3 Å². The number of unbranched alkanes of at least 4 members (excludes halogenated alkanes) is 1. The normalized spacial score (nSPS) is 15.3. The fourth-order valence-corrected chi connectivity index (χ4v) is 8.35. The van der Waals surface area contributed by atoms with Crippen molar-refractivity contribution < 1.29 is 0 Å². The minimum atomic E-state index is 0.618. The van der Waals surface area contributed by atoms with Gasteiger partial charge < -0.3 is 0 Å². The molecule has 8 rings (SSSR count). The molecule has 0 aliphatic heterocycles. The molecule has 0 radical (unpaired) electrons. The van der Waals surface area contributed by atoms with E-state index in [-0.39, 0.29) is 0 Å². The standard InChI is InChI=1S/C31H29N.C30H27N/c1-2-3-4-24-7-15-28(16-8-24)29-17-9-25(10-18-29)5-6-26-11-19-30(20-12-26)31-21-13-27(23-32)14-22-31;1-2-3-23-6-14-27(15-7-23)28-16-8-24(9-17-28)4-5-25-10-18-29(19-11-25)30-20-12-26(22-31)13-21-30/h7-9,11-16,19-22,29H,2-4,10,17-18H2,1H3;6-8,10-15,18-21,28H,2-3,9,16-17H2,1H3. The smallest absolute Gasteiger partial charge is 0.0991 e. The Hall–Kier alpha value is -7.10. The summed E-state index contributed by atoms with van der Waals surface area (Å²) in [4.78, 5) is 0. The predicted octanol–water partition coefficient (Wildman–Crippen LogP) is 15.2. The maximum Gasteiger partial charge on any atom is 0.0991 e. The highest BCUT2D eigenvalue weighted by molar-refractivity contribution is 5.66. The number of nitriles is 2. The van der Waals surface area contributed by atoms with E-state index >= 15 is 0 Å². The van der Waals surface area contributed by atoms with Crippen LogP contribution in [0.3, 0.4) is 0 Å². The van der Waals surface area contributed by atoms with E-state index in [4.69, 9.17) is 10.5 Å². The topological polar surface area (TPSA) is 47.6 Å². The van der Waals surface area contributed by atoms with E-state index in [1.807, 2.05) is 48.5 Å². The lowest BCUT2D eigenvalue weighted by Gasteiger charge is -2.20. The van der Waals surface area contributed by atoms with Crippen molar-refractivity contribution >= 4 is 0 Å². The number of hydrogen-bond donors (Lipinski definition) is 0. The molecule has 2 atom stereocenters. The van der Waals surface area contributed by atoms with Crippen LogP contribution in [0.1, 0.15) is 128 Å². The molecule has 0 fully saturated rings. The zero-order chi connectivity index (χ0) is 43.6. The summed E-state index contributed by atoms with van der Waals surface area (Å²) in [5, 5.41) is 17.9. The molecule has 6 aromatic carbocycles. The van der Waals surface area contributed by atoms with Crippen molar-refractivity contribution in [3.63, 3.8) is 0 Å². The Morgan fingerprint density at radius 3 is 1.10 bits per heavy atom. The Morgan fingerprint density at radius 2 is 0.778 bits per heavy atom. The lowest BCUT2D eigenvalue weighted by molar-refractivity contribution is 0.607. The van der Waals surface area contributed by atoms with Gasteiger partial charge in [-0.25, -0.2) is 0 Å². The Kier molecular flexibility index (Phi) is 15.8. The maximum absolute atomic E-state index is 8.94. The second-order valence-electron chi connectivity index (χ2n) is 16.8. The molecule has 0 spiro atoms. The molecule has 2 nitrogen and oxygen atoms in total. The molecule has 310 valence electrons. The van der Waals surface area contributed by atoms with E-state index < -0.39 is 0 Å². The van der Waals surface area contributed by atoms with Crippen LogP contribution in [0.2, 0.25) is 0 Å². The summed E-state index contributed by atoms with van der Waals surface area (Å²) < 4.78 is 0. The van der Waals surface area contributed by atoms with Gasteiger partial charge in [-0.15, -0.1) is 0 Å². The van der Waals surface area contributed by atoms with Crippen LogP contribution < -0.4 is 0 Å². The SMILES string of the molecule is CCCCc1ccc(C2CC=C(C#Cc3ccc(-c4ccc(C#N)cc4)cc3)CC2)cc1.CCCc1ccc(C2CC=C(C#Cc3ccc(-c4ccc(C#N)cc4)cc3)CC2)cc1. The summed E-state index contributed by atoms with van der Waals surface area (Å²) in [6, 6.07) is 54.9. The molecule has 0 saturated carbocycles. The van der Waals surface area contributed by atoms with Crippen LogP contribution in [0, 0.1) is 46.3 Å². The van der Waals surface area contributed by atoms with Gasteiger partial charge in [-0.2, -0.15) is 10.5 Å². The van der Waals surface area contributed by atoms with Crippen LogP contribution in [-0.2, 0) is 12.8 Å². The molecule has 0 N–H and O–H groups in total. The van der Waals surface area contributed by atoms with E-state index in [0.29, 0.717) is 23.0 Å². The van der Waals surface area contributed by atoms with E-state index in [2.05, 4.69) is 159 Å². The highest BCUT2D eigenvalue weighted by Crippen LogP contribution is 2.34. The van der Waals surface area contributed by atoms with Crippen LogP contribution >= 0.6 is 0 Å².